The lowest BCUT2D eigenvalue weighted by molar-refractivity contribution is -0.269. The molecule has 0 saturated carbocycles. The molecule has 0 spiro atoms. The zero-order valence-electron chi connectivity index (χ0n) is 25.7. The van der Waals surface area contributed by atoms with Crippen LogP contribution in [0.15, 0.2) is 70.6 Å². The van der Waals surface area contributed by atoms with Gasteiger partial charge in [-0.2, -0.15) is 0 Å². The fourth-order valence-corrected chi connectivity index (χ4v) is 4.63. The topological polar surface area (TPSA) is 89.3 Å². The van der Waals surface area contributed by atoms with Gasteiger partial charge in [-0.25, -0.2) is 0 Å². The summed E-state index contributed by atoms with van der Waals surface area (Å²) in [5.41, 5.74) is 2.01. The molecule has 0 aliphatic carbocycles. The second-order valence-corrected chi connectivity index (χ2v) is 10.8. The largest absolute Gasteiger partial charge is 0.872 e. The summed E-state index contributed by atoms with van der Waals surface area (Å²) in [6.07, 6.45) is 12.0. The van der Waals surface area contributed by atoms with Crippen molar-refractivity contribution >= 4 is 23.8 Å². The molecule has 226 valence electrons. The molecule has 2 atom stereocenters. The first-order valence-electron chi connectivity index (χ1n) is 15.5. The molecule has 3 aromatic rings. The molecule has 0 N–H and O–H groups in total. The molecule has 2 unspecified atom stereocenters. The molecule has 0 aromatic heterocycles. The Morgan fingerprint density at radius 3 is 1.40 bits per heavy atom. The predicted octanol–water partition coefficient (Wildman–Crippen LogP) is 8.53. The van der Waals surface area contributed by atoms with E-state index in [2.05, 4.69) is 37.7 Å². The molecule has 42 heavy (non-hydrogen) atoms. The van der Waals surface area contributed by atoms with Gasteiger partial charge in [0.1, 0.15) is 0 Å². The normalized spacial score (nSPS) is 13.0. The van der Waals surface area contributed by atoms with Crippen LogP contribution in [-0.2, 0) is 0 Å². The van der Waals surface area contributed by atoms with Gasteiger partial charge in [0.2, 0.25) is 0 Å². The average molecular weight is 571 g/mol. The second kappa shape index (κ2) is 17.9. The van der Waals surface area contributed by atoms with Gasteiger partial charge in [-0.05, 0) is 35.8 Å². The van der Waals surface area contributed by atoms with Gasteiger partial charge < -0.3 is 19.7 Å². The van der Waals surface area contributed by atoms with Gasteiger partial charge in [-0.3, -0.25) is 9.98 Å². The number of benzene rings is 3. The number of rotatable bonds is 18. The van der Waals surface area contributed by atoms with E-state index in [1.165, 1.54) is 25.0 Å². The van der Waals surface area contributed by atoms with E-state index in [0.29, 0.717) is 59.1 Å². The smallest absolute Gasteiger partial charge is 0.163 e. The minimum absolute atomic E-state index is 0.109. The number of unbranched alkanes of at least 4 members (excludes halogenated alkanes) is 2. The zero-order chi connectivity index (χ0) is 30.2. The van der Waals surface area contributed by atoms with Crippen LogP contribution in [0.4, 0.5) is 11.4 Å². The monoisotopic (exact) mass is 570 g/mol. The number of para-hydroxylation sites is 2. The van der Waals surface area contributed by atoms with Crippen molar-refractivity contribution in [3.05, 3.63) is 71.8 Å². The van der Waals surface area contributed by atoms with Crippen LogP contribution in [0.5, 0.6) is 23.0 Å². The lowest BCUT2D eigenvalue weighted by Gasteiger charge is -2.21. The minimum atomic E-state index is -0.109. The van der Waals surface area contributed by atoms with E-state index in [-0.39, 0.29) is 11.5 Å². The van der Waals surface area contributed by atoms with Crippen molar-refractivity contribution < 1.29 is 19.7 Å². The highest BCUT2D eigenvalue weighted by molar-refractivity contribution is 5.90. The van der Waals surface area contributed by atoms with E-state index in [9.17, 15) is 10.2 Å². The number of aliphatic imine (C=N–C) groups is 2. The molecule has 0 bridgehead atoms. The van der Waals surface area contributed by atoms with E-state index in [1.807, 2.05) is 24.3 Å². The van der Waals surface area contributed by atoms with Crippen molar-refractivity contribution in [2.45, 2.75) is 79.1 Å². The zero-order valence-corrected chi connectivity index (χ0v) is 25.7. The highest BCUT2D eigenvalue weighted by Crippen LogP contribution is 2.41. The Hall–Kier alpha value is -3.80. The van der Waals surface area contributed by atoms with Crippen LogP contribution in [0.3, 0.4) is 0 Å². The number of hydrogen-bond donors (Lipinski definition) is 0. The van der Waals surface area contributed by atoms with E-state index < -0.39 is 0 Å². The number of ether oxygens (including phenoxy) is 2. The molecule has 3 rings (SSSR count). The van der Waals surface area contributed by atoms with E-state index >= 15 is 0 Å². The first kappa shape index (κ1) is 32.7. The molecule has 0 aliphatic heterocycles. The molecule has 6 heteroatoms. The molecule has 6 nitrogen and oxygen atoms in total. The van der Waals surface area contributed by atoms with Crippen LogP contribution < -0.4 is 19.7 Å². The van der Waals surface area contributed by atoms with Crippen molar-refractivity contribution in [1.82, 2.24) is 0 Å². The Morgan fingerprint density at radius 2 is 1.05 bits per heavy atom. The summed E-state index contributed by atoms with van der Waals surface area (Å²) >= 11 is 0. The Balaban J connectivity index is 2.03. The van der Waals surface area contributed by atoms with E-state index in [0.717, 1.165) is 38.5 Å². The quantitative estimate of drug-likeness (QED) is 0.143. The van der Waals surface area contributed by atoms with Crippen molar-refractivity contribution in [1.29, 1.82) is 0 Å². The van der Waals surface area contributed by atoms with Gasteiger partial charge in [0.05, 0.1) is 24.6 Å². The lowest BCUT2D eigenvalue weighted by atomic mass is 10.0. The summed E-state index contributed by atoms with van der Waals surface area (Å²) < 4.78 is 12.9. The van der Waals surface area contributed by atoms with Gasteiger partial charge in [0.25, 0.3) is 0 Å². The highest BCUT2D eigenvalue weighted by atomic mass is 16.5. The fraction of sp³-hybridized carbons (Fsp3) is 0.444. The molecule has 0 saturated heterocycles. The standard InChI is InChI=1S/C36H48N2O4/c1-5-9-15-27(7-3)25-41-35-21-31(37-23-29-17-11-13-19-33(29)39)32(38-24-30-18-12-14-20-34(30)40)22-36(35)42-26-28(8-4)16-10-6-2/h11-14,17-24,27-28,39-40H,5-10,15-16,25-26H2,1-4H3/p-2. The maximum atomic E-state index is 12.3. The molecular formula is C36H46N2O4-2. The van der Waals surface area contributed by atoms with Gasteiger partial charge in [-0.15, -0.1) is 11.5 Å². The first-order valence-corrected chi connectivity index (χ1v) is 15.5. The first-order chi connectivity index (χ1) is 20.5. The second-order valence-electron chi connectivity index (χ2n) is 10.8. The summed E-state index contributed by atoms with van der Waals surface area (Å²) in [5, 5.41) is 24.7. The van der Waals surface area contributed by atoms with Crippen LogP contribution >= 0.6 is 0 Å². The SMILES string of the molecule is CCCCC(CC)COc1cc(N=Cc2ccccc2[O-])c(N=Cc2ccccc2[O-])cc1OCC(CC)CCCC. The minimum Gasteiger partial charge on any atom is -0.872 e. The molecule has 0 heterocycles. The highest BCUT2D eigenvalue weighted by Gasteiger charge is 2.16. The number of hydrogen-bond acceptors (Lipinski definition) is 6. The maximum Gasteiger partial charge on any atom is 0.163 e. The third-order valence-electron chi connectivity index (χ3n) is 7.60. The van der Waals surface area contributed by atoms with Crippen LogP contribution in [0.25, 0.3) is 0 Å². The van der Waals surface area contributed by atoms with Crippen LogP contribution in [0, 0.1) is 11.8 Å². The van der Waals surface area contributed by atoms with Crippen molar-refractivity contribution in [2.24, 2.45) is 21.8 Å². The van der Waals surface area contributed by atoms with Crippen LogP contribution in [-0.4, -0.2) is 25.6 Å². The third kappa shape index (κ3) is 10.2. The Morgan fingerprint density at radius 1 is 0.643 bits per heavy atom. The van der Waals surface area contributed by atoms with Crippen LogP contribution in [0.2, 0.25) is 0 Å². The summed E-state index contributed by atoms with van der Waals surface area (Å²) in [5.74, 6) is 1.89. The summed E-state index contributed by atoms with van der Waals surface area (Å²) in [4.78, 5) is 9.34. The third-order valence-corrected chi connectivity index (χ3v) is 7.60. The molecule has 3 aromatic carbocycles. The Kier molecular flexibility index (Phi) is 13.9. The summed E-state index contributed by atoms with van der Waals surface area (Å²) in [6, 6.07) is 17.2. The van der Waals surface area contributed by atoms with Gasteiger partial charge in [0.15, 0.2) is 11.5 Å². The van der Waals surface area contributed by atoms with Crippen LogP contribution in [0.1, 0.15) is 90.2 Å². The van der Waals surface area contributed by atoms with E-state index in [1.54, 1.807) is 36.7 Å². The number of nitrogens with zero attached hydrogens (tertiary/aromatic N) is 2. The lowest BCUT2D eigenvalue weighted by Crippen LogP contribution is -2.14. The molecule has 0 aliphatic rings. The van der Waals surface area contributed by atoms with Gasteiger partial charge >= 0.3 is 0 Å². The predicted molar refractivity (Wildman–Crippen MR) is 170 cm³/mol. The Bertz CT molecular complexity index is 1190. The fourth-order valence-electron chi connectivity index (χ4n) is 4.63. The molecule has 0 amide bonds. The van der Waals surface area contributed by atoms with Crippen molar-refractivity contribution in [3.8, 4) is 23.0 Å². The van der Waals surface area contributed by atoms with Gasteiger partial charge in [0, 0.05) is 24.6 Å². The molecular weight excluding hydrogens is 524 g/mol. The average Bonchev–Trinajstić information content (AvgIpc) is 3.01. The maximum absolute atomic E-state index is 12.3. The molecule has 0 fully saturated rings. The van der Waals surface area contributed by atoms with Crippen molar-refractivity contribution in [3.63, 3.8) is 0 Å². The molecule has 0 radical (unpaired) electrons. The Labute approximate surface area is 252 Å². The van der Waals surface area contributed by atoms with Crippen molar-refractivity contribution in [2.75, 3.05) is 13.2 Å². The van der Waals surface area contributed by atoms with E-state index in [4.69, 9.17) is 9.47 Å². The summed E-state index contributed by atoms with van der Waals surface area (Å²) in [7, 11) is 0. The summed E-state index contributed by atoms with van der Waals surface area (Å²) in [6.45, 7) is 9.97. The van der Waals surface area contributed by atoms with Gasteiger partial charge in [-0.1, -0.05) is 115 Å².